The number of methoxy groups -OCH3 is 1. The van der Waals surface area contributed by atoms with E-state index in [2.05, 4.69) is 5.18 Å². The minimum absolute atomic E-state index is 0.153. The highest BCUT2D eigenvalue weighted by atomic mass is 16.7. The number of hydrogen-bond acceptors (Lipinski definition) is 9. The maximum Gasteiger partial charge on any atom is 0.343 e. The van der Waals surface area contributed by atoms with Crippen LogP contribution in [0.2, 0.25) is 0 Å². The predicted molar refractivity (Wildman–Crippen MR) is 149 cm³/mol. The number of esters is 1. The average molecular weight is 552 g/mol. The lowest BCUT2D eigenvalue weighted by Crippen LogP contribution is -2.39. The lowest BCUT2D eigenvalue weighted by molar-refractivity contribution is -0.229. The van der Waals surface area contributed by atoms with E-state index in [9.17, 15) is 19.3 Å². The molecule has 40 heavy (non-hydrogen) atoms. The van der Waals surface area contributed by atoms with Gasteiger partial charge in [-0.15, -0.1) is 4.91 Å². The molecule has 0 radical (unpaired) electrons. The van der Waals surface area contributed by atoms with Crippen LogP contribution in [0.3, 0.4) is 0 Å². The molecule has 0 heterocycles. The fourth-order valence-corrected chi connectivity index (χ4v) is 4.94. The minimum Gasteiger partial charge on any atom is -0.432 e. The molecule has 0 aromatic heterocycles. The molecule has 2 saturated carbocycles. The van der Waals surface area contributed by atoms with Crippen LogP contribution in [-0.2, 0) is 33.3 Å². The summed E-state index contributed by atoms with van der Waals surface area (Å²) in [5, 5.41) is 3.05. The number of hydrogen-bond donors (Lipinski definition) is 0. The van der Waals surface area contributed by atoms with Gasteiger partial charge in [0.2, 0.25) is 5.79 Å². The van der Waals surface area contributed by atoms with E-state index in [0.29, 0.717) is 49.6 Å². The Kier molecular flexibility index (Phi) is 11.6. The van der Waals surface area contributed by atoms with Gasteiger partial charge in [-0.25, -0.2) is 4.79 Å². The zero-order chi connectivity index (χ0) is 28.8. The van der Waals surface area contributed by atoms with Crippen LogP contribution >= 0.6 is 0 Å². The molecule has 9 heteroatoms. The first-order chi connectivity index (χ1) is 19.4. The summed E-state index contributed by atoms with van der Waals surface area (Å²) in [6.07, 6.45) is 14.3. The average Bonchev–Trinajstić information content (AvgIpc) is 2.99. The van der Waals surface area contributed by atoms with E-state index in [0.717, 1.165) is 44.1 Å². The van der Waals surface area contributed by atoms with E-state index in [1.54, 1.807) is 25.2 Å². The highest BCUT2D eigenvalue weighted by Gasteiger charge is 2.38. The van der Waals surface area contributed by atoms with Crippen molar-refractivity contribution in [3.05, 3.63) is 82.1 Å². The molecule has 2 fully saturated rings. The molecule has 0 spiro atoms. The van der Waals surface area contributed by atoms with Crippen LogP contribution in [0, 0.1) is 4.91 Å². The van der Waals surface area contributed by atoms with Gasteiger partial charge in [-0.3, -0.25) is 9.59 Å². The van der Waals surface area contributed by atoms with Gasteiger partial charge in [0.05, 0.1) is 5.57 Å². The zero-order valence-corrected chi connectivity index (χ0v) is 23.1. The first kappa shape index (κ1) is 30.7. The van der Waals surface area contributed by atoms with E-state index >= 15 is 0 Å². The highest BCUT2D eigenvalue weighted by molar-refractivity contribution is 6.08. The molecule has 0 aliphatic heterocycles. The van der Waals surface area contributed by atoms with E-state index in [1.165, 1.54) is 13.2 Å². The first-order valence-corrected chi connectivity index (χ1v) is 13.6. The fourth-order valence-electron chi connectivity index (χ4n) is 4.94. The van der Waals surface area contributed by atoms with Crippen molar-refractivity contribution in [2.24, 2.45) is 5.18 Å². The third kappa shape index (κ3) is 8.32. The van der Waals surface area contributed by atoms with Gasteiger partial charge in [-0.05, 0) is 49.8 Å². The number of carbonyl (C=O) groups excluding carboxylic acids is 3. The fraction of sp³-hybridized carbons (Fsp3) is 0.452. The first-order valence-electron chi connectivity index (χ1n) is 13.6. The van der Waals surface area contributed by atoms with Crippen molar-refractivity contribution in [1.29, 1.82) is 0 Å². The smallest absolute Gasteiger partial charge is 0.343 e. The monoisotopic (exact) mass is 551 g/mol. The van der Waals surface area contributed by atoms with Gasteiger partial charge >= 0.3 is 5.97 Å². The SMILES string of the molecule is COC1(OC(=O)\C(C=O)=C/C=C(/C=C/C(C)=C(\N=O)OC2(OC=O)CCCCC2)c2ccccc2)CCCCC1. The van der Waals surface area contributed by atoms with Gasteiger partial charge < -0.3 is 18.9 Å². The van der Waals surface area contributed by atoms with Crippen molar-refractivity contribution in [1.82, 2.24) is 0 Å². The predicted octanol–water partition coefficient (Wildman–Crippen LogP) is 6.45. The molecular formula is C31H37NO8. The minimum atomic E-state index is -1.21. The summed E-state index contributed by atoms with van der Waals surface area (Å²) in [5.41, 5.74) is 1.71. The summed E-state index contributed by atoms with van der Waals surface area (Å²) in [5.74, 6) is -3.17. The van der Waals surface area contributed by atoms with Crippen LogP contribution in [0.15, 0.2) is 76.8 Å². The molecule has 0 N–H and O–H groups in total. The second-order valence-corrected chi connectivity index (χ2v) is 9.99. The molecule has 9 nitrogen and oxygen atoms in total. The van der Waals surface area contributed by atoms with Gasteiger partial charge in [-0.1, -0.05) is 61.4 Å². The second-order valence-electron chi connectivity index (χ2n) is 9.99. The van der Waals surface area contributed by atoms with Gasteiger partial charge in [0.15, 0.2) is 6.29 Å². The highest BCUT2D eigenvalue weighted by Crippen LogP contribution is 2.35. The number of nitroso groups, excluding NO2 is 1. The molecule has 2 aliphatic rings. The summed E-state index contributed by atoms with van der Waals surface area (Å²) in [6, 6.07) is 9.32. The third-order valence-electron chi connectivity index (χ3n) is 7.27. The largest absolute Gasteiger partial charge is 0.432 e. The Hall–Kier alpha value is -3.85. The topological polar surface area (TPSA) is 118 Å². The summed E-state index contributed by atoms with van der Waals surface area (Å²) < 4.78 is 22.3. The number of ether oxygens (including phenoxy) is 4. The number of rotatable bonds is 13. The Bertz CT molecular complexity index is 1150. The zero-order valence-electron chi connectivity index (χ0n) is 23.1. The summed E-state index contributed by atoms with van der Waals surface area (Å²) in [7, 11) is 1.50. The Morgan fingerprint density at radius 3 is 2.02 bits per heavy atom. The molecule has 1 aromatic carbocycles. The molecule has 0 saturated heterocycles. The number of nitrogens with zero attached hydrogens (tertiary/aromatic N) is 1. The Labute approximate surface area is 234 Å². The number of benzene rings is 1. The van der Waals surface area contributed by atoms with Gasteiger partial charge in [0, 0.05) is 43.5 Å². The molecule has 0 atom stereocenters. The Morgan fingerprint density at radius 2 is 1.48 bits per heavy atom. The van der Waals surface area contributed by atoms with Crippen LogP contribution in [-0.4, -0.2) is 37.4 Å². The van der Waals surface area contributed by atoms with E-state index in [4.69, 9.17) is 18.9 Å². The van der Waals surface area contributed by atoms with Crippen LogP contribution < -0.4 is 0 Å². The van der Waals surface area contributed by atoms with Crippen LogP contribution in [0.1, 0.15) is 76.7 Å². The van der Waals surface area contributed by atoms with Crippen LogP contribution in [0.5, 0.6) is 0 Å². The molecular weight excluding hydrogens is 514 g/mol. The number of carbonyl (C=O) groups is 3. The Balaban J connectivity index is 1.89. The maximum atomic E-state index is 12.9. The molecule has 1 aromatic rings. The second kappa shape index (κ2) is 15.1. The van der Waals surface area contributed by atoms with Gasteiger partial charge in [-0.2, -0.15) is 0 Å². The van der Waals surface area contributed by atoms with Crippen molar-refractivity contribution >= 4 is 24.3 Å². The lowest BCUT2D eigenvalue weighted by atomic mass is 9.94. The van der Waals surface area contributed by atoms with Gasteiger partial charge in [0.25, 0.3) is 18.1 Å². The molecule has 0 unspecified atom stereocenters. The molecule has 2 aliphatic carbocycles. The normalized spacial score (nSPS) is 19.8. The summed E-state index contributed by atoms with van der Waals surface area (Å²) in [6.45, 7) is 1.99. The molecule has 3 rings (SSSR count). The van der Waals surface area contributed by atoms with Crippen molar-refractivity contribution in [3.8, 4) is 0 Å². The van der Waals surface area contributed by atoms with Crippen molar-refractivity contribution in [2.45, 2.75) is 82.7 Å². The molecule has 214 valence electrons. The summed E-state index contributed by atoms with van der Waals surface area (Å²) in [4.78, 5) is 47.5. The lowest BCUT2D eigenvalue weighted by Gasteiger charge is -2.35. The third-order valence-corrected chi connectivity index (χ3v) is 7.27. The van der Waals surface area contributed by atoms with Crippen LogP contribution in [0.25, 0.3) is 5.57 Å². The van der Waals surface area contributed by atoms with Crippen molar-refractivity contribution in [3.63, 3.8) is 0 Å². The standard InChI is InChI=1S/C31H37NO8/c1-24(28(32-36)39-31(38-23-34)20-10-5-11-21-31)14-15-26(25-12-6-3-7-13-25)16-17-27(22-33)29(35)40-30(37-2)18-8-4-9-19-30/h3,6-7,12-17,22-23H,4-5,8-11,18-21H2,1-2H3/b15-14+,26-16-,27-17-,28-24+. The van der Waals surface area contributed by atoms with Gasteiger partial charge in [0.1, 0.15) is 0 Å². The van der Waals surface area contributed by atoms with Crippen LogP contribution in [0.4, 0.5) is 0 Å². The van der Waals surface area contributed by atoms with E-state index in [1.807, 2.05) is 30.3 Å². The van der Waals surface area contributed by atoms with Crippen molar-refractivity contribution in [2.75, 3.05) is 7.11 Å². The molecule has 0 amide bonds. The summed E-state index contributed by atoms with van der Waals surface area (Å²) >= 11 is 0. The number of allylic oxidation sites excluding steroid dienone is 6. The maximum absolute atomic E-state index is 12.9. The number of aldehydes is 1. The molecule has 0 bridgehead atoms. The van der Waals surface area contributed by atoms with Crippen molar-refractivity contribution < 1.29 is 33.3 Å². The Morgan fingerprint density at radius 1 is 0.850 bits per heavy atom. The van der Waals surface area contributed by atoms with E-state index in [-0.39, 0.29) is 11.5 Å². The van der Waals surface area contributed by atoms with E-state index < -0.39 is 17.5 Å². The quantitative estimate of drug-likeness (QED) is 0.0316.